The van der Waals surface area contributed by atoms with E-state index in [1.54, 1.807) is 0 Å². The number of hydrogen-bond acceptors (Lipinski definition) is 2. The third-order valence-electron chi connectivity index (χ3n) is 3.34. The molecule has 1 aromatic rings. The Balaban J connectivity index is 1.94. The van der Waals surface area contributed by atoms with E-state index in [0.29, 0.717) is 12.1 Å². The standard InChI is InChI=1S/C14H21NO/c1-11-14(9-6-10-15-11)16-12(2)13-7-4-3-5-8-13/h3-5,7-8,11-12,14-15H,6,9-10H2,1-2H3. The van der Waals surface area contributed by atoms with Gasteiger partial charge in [-0.1, -0.05) is 30.3 Å². The molecule has 0 saturated carbocycles. The summed E-state index contributed by atoms with van der Waals surface area (Å²) < 4.78 is 6.13. The monoisotopic (exact) mass is 219 g/mol. The molecule has 2 rings (SSSR count). The third-order valence-corrected chi connectivity index (χ3v) is 3.34. The molecule has 2 nitrogen and oxygen atoms in total. The first-order valence-corrected chi connectivity index (χ1v) is 6.21. The van der Waals surface area contributed by atoms with Gasteiger partial charge >= 0.3 is 0 Å². The van der Waals surface area contributed by atoms with Crippen LogP contribution in [0.25, 0.3) is 0 Å². The van der Waals surface area contributed by atoms with Gasteiger partial charge in [-0.05, 0) is 38.8 Å². The molecule has 1 aromatic carbocycles. The van der Waals surface area contributed by atoms with Crippen molar-refractivity contribution in [1.29, 1.82) is 0 Å². The lowest BCUT2D eigenvalue weighted by Crippen LogP contribution is -2.44. The summed E-state index contributed by atoms with van der Waals surface area (Å²) >= 11 is 0. The first kappa shape index (κ1) is 11.6. The third kappa shape index (κ3) is 2.83. The van der Waals surface area contributed by atoms with Crippen LogP contribution in [0.5, 0.6) is 0 Å². The summed E-state index contributed by atoms with van der Waals surface area (Å²) in [5.74, 6) is 0. The Morgan fingerprint density at radius 3 is 2.75 bits per heavy atom. The second kappa shape index (κ2) is 5.46. The highest BCUT2D eigenvalue weighted by atomic mass is 16.5. The maximum absolute atomic E-state index is 6.13. The summed E-state index contributed by atoms with van der Waals surface area (Å²) in [6.45, 7) is 5.47. The zero-order chi connectivity index (χ0) is 11.4. The fourth-order valence-corrected chi connectivity index (χ4v) is 2.27. The Bertz CT molecular complexity index is 312. The maximum Gasteiger partial charge on any atom is 0.0801 e. The second-order valence-electron chi connectivity index (χ2n) is 4.61. The molecular formula is C14H21NO. The number of nitrogens with one attached hydrogen (secondary N) is 1. The van der Waals surface area contributed by atoms with E-state index in [-0.39, 0.29) is 6.10 Å². The molecule has 0 radical (unpaired) electrons. The van der Waals surface area contributed by atoms with Crippen LogP contribution in [0.1, 0.15) is 38.4 Å². The van der Waals surface area contributed by atoms with E-state index in [4.69, 9.17) is 4.74 Å². The minimum absolute atomic E-state index is 0.188. The predicted molar refractivity (Wildman–Crippen MR) is 66.4 cm³/mol. The summed E-state index contributed by atoms with van der Waals surface area (Å²) in [6.07, 6.45) is 2.93. The summed E-state index contributed by atoms with van der Waals surface area (Å²) in [5, 5.41) is 3.46. The van der Waals surface area contributed by atoms with Crippen LogP contribution >= 0.6 is 0 Å². The van der Waals surface area contributed by atoms with E-state index in [2.05, 4.69) is 43.4 Å². The van der Waals surface area contributed by atoms with E-state index in [1.165, 1.54) is 18.4 Å². The van der Waals surface area contributed by atoms with E-state index in [1.807, 2.05) is 6.07 Å². The molecule has 3 unspecified atom stereocenters. The van der Waals surface area contributed by atoms with Crippen molar-refractivity contribution in [3.63, 3.8) is 0 Å². The van der Waals surface area contributed by atoms with Crippen LogP contribution in [0.15, 0.2) is 30.3 Å². The molecule has 1 fully saturated rings. The fraction of sp³-hybridized carbons (Fsp3) is 0.571. The molecule has 0 aromatic heterocycles. The topological polar surface area (TPSA) is 21.3 Å². The van der Waals surface area contributed by atoms with Gasteiger partial charge in [0.25, 0.3) is 0 Å². The lowest BCUT2D eigenvalue weighted by Gasteiger charge is -2.32. The molecule has 0 bridgehead atoms. The number of piperidine rings is 1. The molecule has 1 N–H and O–H groups in total. The Hall–Kier alpha value is -0.860. The Morgan fingerprint density at radius 2 is 2.06 bits per heavy atom. The van der Waals surface area contributed by atoms with Crippen LogP contribution in [0.4, 0.5) is 0 Å². The van der Waals surface area contributed by atoms with Gasteiger partial charge in [0.1, 0.15) is 0 Å². The van der Waals surface area contributed by atoms with E-state index in [0.717, 1.165) is 6.54 Å². The van der Waals surface area contributed by atoms with Gasteiger partial charge in [-0.2, -0.15) is 0 Å². The molecule has 1 heterocycles. The van der Waals surface area contributed by atoms with Gasteiger partial charge in [0.05, 0.1) is 12.2 Å². The molecule has 3 atom stereocenters. The minimum Gasteiger partial charge on any atom is -0.369 e. The Morgan fingerprint density at radius 1 is 1.31 bits per heavy atom. The number of benzene rings is 1. The van der Waals surface area contributed by atoms with Crippen LogP contribution in [0.3, 0.4) is 0 Å². The van der Waals surface area contributed by atoms with Crippen LogP contribution in [-0.4, -0.2) is 18.7 Å². The second-order valence-corrected chi connectivity index (χ2v) is 4.61. The molecule has 0 aliphatic carbocycles. The van der Waals surface area contributed by atoms with Gasteiger partial charge in [-0.25, -0.2) is 0 Å². The van der Waals surface area contributed by atoms with Gasteiger partial charge in [-0.3, -0.25) is 0 Å². The number of ether oxygens (including phenoxy) is 1. The normalized spacial score (nSPS) is 27.6. The van der Waals surface area contributed by atoms with Crippen molar-refractivity contribution in [3.05, 3.63) is 35.9 Å². The van der Waals surface area contributed by atoms with Crippen molar-refractivity contribution in [2.75, 3.05) is 6.54 Å². The molecule has 88 valence electrons. The number of rotatable bonds is 3. The molecule has 1 saturated heterocycles. The fourth-order valence-electron chi connectivity index (χ4n) is 2.27. The van der Waals surface area contributed by atoms with Crippen LogP contribution in [-0.2, 0) is 4.74 Å². The van der Waals surface area contributed by atoms with E-state index >= 15 is 0 Å². The summed E-state index contributed by atoms with van der Waals surface area (Å²) in [4.78, 5) is 0. The van der Waals surface area contributed by atoms with Gasteiger partial charge in [0.15, 0.2) is 0 Å². The molecule has 16 heavy (non-hydrogen) atoms. The average molecular weight is 219 g/mol. The first-order valence-electron chi connectivity index (χ1n) is 6.21. The van der Waals surface area contributed by atoms with Crippen molar-refractivity contribution in [1.82, 2.24) is 5.32 Å². The zero-order valence-electron chi connectivity index (χ0n) is 10.1. The van der Waals surface area contributed by atoms with Crippen molar-refractivity contribution in [2.45, 2.75) is 44.9 Å². The van der Waals surface area contributed by atoms with Gasteiger partial charge in [0.2, 0.25) is 0 Å². The molecule has 2 heteroatoms. The zero-order valence-corrected chi connectivity index (χ0v) is 10.1. The molecule has 0 spiro atoms. The van der Waals surface area contributed by atoms with Crippen molar-refractivity contribution in [2.24, 2.45) is 0 Å². The van der Waals surface area contributed by atoms with Crippen molar-refractivity contribution < 1.29 is 4.74 Å². The Kier molecular flexibility index (Phi) is 3.97. The maximum atomic E-state index is 6.13. The largest absolute Gasteiger partial charge is 0.369 e. The molecule has 0 amide bonds. The smallest absolute Gasteiger partial charge is 0.0801 e. The molecule has 1 aliphatic rings. The highest BCUT2D eigenvalue weighted by Gasteiger charge is 2.23. The van der Waals surface area contributed by atoms with Crippen LogP contribution < -0.4 is 5.32 Å². The van der Waals surface area contributed by atoms with E-state index < -0.39 is 0 Å². The van der Waals surface area contributed by atoms with Crippen molar-refractivity contribution in [3.8, 4) is 0 Å². The molecule has 1 aliphatic heterocycles. The van der Waals surface area contributed by atoms with Crippen molar-refractivity contribution >= 4 is 0 Å². The highest BCUT2D eigenvalue weighted by molar-refractivity contribution is 5.16. The van der Waals surface area contributed by atoms with Gasteiger partial charge in [0, 0.05) is 6.04 Å². The molecular weight excluding hydrogens is 198 g/mol. The van der Waals surface area contributed by atoms with Gasteiger partial charge in [-0.15, -0.1) is 0 Å². The van der Waals surface area contributed by atoms with E-state index in [9.17, 15) is 0 Å². The minimum atomic E-state index is 0.188. The quantitative estimate of drug-likeness (QED) is 0.844. The number of hydrogen-bond donors (Lipinski definition) is 1. The lowest BCUT2D eigenvalue weighted by atomic mass is 10.0. The summed E-state index contributed by atoms with van der Waals surface area (Å²) in [7, 11) is 0. The average Bonchev–Trinajstić information content (AvgIpc) is 2.33. The van der Waals surface area contributed by atoms with Crippen LogP contribution in [0.2, 0.25) is 0 Å². The van der Waals surface area contributed by atoms with Gasteiger partial charge < -0.3 is 10.1 Å². The lowest BCUT2D eigenvalue weighted by molar-refractivity contribution is -0.0346. The predicted octanol–water partition coefficient (Wildman–Crippen LogP) is 2.90. The first-order chi connectivity index (χ1) is 7.77. The highest BCUT2D eigenvalue weighted by Crippen LogP contribution is 2.22. The summed E-state index contributed by atoms with van der Waals surface area (Å²) in [6, 6.07) is 10.9. The Labute approximate surface area is 98.0 Å². The van der Waals surface area contributed by atoms with Crippen LogP contribution in [0, 0.1) is 0 Å². The summed E-state index contributed by atoms with van der Waals surface area (Å²) in [5.41, 5.74) is 1.26. The SMILES string of the molecule is CC(OC1CCCNC1C)c1ccccc1.